The minimum Gasteiger partial charge on any atom is -0.381 e. The second-order valence-corrected chi connectivity index (χ2v) is 8.54. The molecule has 1 aromatic heterocycles. The number of aromatic nitrogens is 2. The molecule has 0 spiro atoms. The van der Waals surface area contributed by atoms with Gasteiger partial charge in [0, 0.05) is 37.8 Å². The van der Waals surface area contributed by atoms with Crippen LogP contribution in [-0.2, 0) is 16.1 Å². The molecule has 1 atom stereocenters. The van der Waals surface area contributed by atoms with Gasteiger partial charge in [0.2, 0.25) is 5.89 Å². The Kier molecular flexibility index (Phi) is 6.49. The van der Waals surface area contributed by atoms with Gasteiger partial charge in [-0.15, -0.1) is 0 Å². The van der Waals surface area contributed by atoms with Gasteiger partial charge in [-0.25, -0.2) is 0 Å². The van der Waals surface area contributed by atoms with Gasteiger partial charge in [-0.1, -0.05) is 22.9 Å². The summed E-state index contributed by atoms with van der Waals surface area (Å²) in [5.74, 6) is 1.64. The fourth-order valence-electron chi connectivity index (χ4n) is 4.56. The molecule has 2 aliphatic heterocycles. The molecule has 162 valence electrons. The van der Waals surface area contributed by atoms with Crippen molar-refractivity contribution >= 4 is 5.91 Å². The maximum absolute atomic E-state index is 13.2. The quantitative estimate of drug-likeness (QED) is 0.744. The number of carbonyl (C=O) groups is 1. The second kappa shape index (κ2) is 9.27. The first-order valence-electron chi connectivity index (χ1n) is 10.9. The summed E-state index contributed by atoms with van der Waals surface area (Å²) in [6.45, 7) is 9.23. The van der Waals surface area contributed by atoms with Gasteiger partial charge >= 0.3 is 0 Å². The van der Waals surface area contributed by atoms with Crippen molar-refractivity contribution < 1.29 is 18.8 Å². The van der Waals surface area contributed by atoms with Crippen LogP contribution in [0.5, 0.6) is 0 Å². The molecule has 0 saturated carbocycles. The van der Waals surface area contributed by atoms with Crippen LogP contribution in [0.15, 0.2) is 16.7 Å². The van der Waals surface area contributed by atoms with E-state index in [0.717, 1.165) is 62.1 Å². The molecule has 1 amide bonds. The largest absolute Gasteiger partial charge is 0.381 e. The van der Waals surface area contributed by atoms with Crippen LogP contribution >= 0.6 is 0 Å². The Balaban J connectivity index is 1.34. The molecule has 4 rings (SSSR count). The number of nitrogens with zero attached hydrogens (tertiary/aromatic N) is 3. The maximum atomic E-state index is 13.2. The lowest BCUT2D eigenvalue weighted by atomic mass is 9.97. The summed E-state index contributed by atoms with van der Waals surface area (Å²) in [6, 6.07) is 4.15. The van der Waals surface area contributed by atoms with Crippen molar-refractivity contribution in [3.63, 3.8) is 0 Å². The first kappa shape index (κ1) is 21.0. The number of ether oxygens (including phenoxy) is 2. The molecule has 7 heteroatoms. The van der Waals surface area contributed by atoms with Gasteiger partial charge in [0.05, 0.1) is 6.10 Å². The van der Waals surface area contributed by atoms with Crippen LogP contribution in [0, 0.1) is 20.8 Å². The highest BCUT2D eigenvalue weighted by Gasteiger charge is 2.28. The monoisotopic (exact) mass is 413 g/mol. The molecule has 0 radical (unpaired) electrons. The molecule has 2 saturated heterocycles. The van der Waals surface area contributed by atoms with Gasteiger partial charge in [0.1, 0.15) is 6.61 Å². The van der Waals surface area contributed by atoms with E-state index in [-0.39, 0.29) is 17.9 Å². The summed E-state index contributed by atoms with van der Waals surface area (Å²) in [6.07, 6.45) is 3.68. The first-order valence-corrected chi connectivity index (χ1v) is 10.9. The Morgan fingerprint density at radius 3 is 2.63 bits per heavy atom. The van der Waals surface area contributed by atoms with Gasteiger partial charge in [0.15, 0.2) is 5.82 Å². The third-order valence-electron chi connectivity index (χ3n) is 6.06. The van der Waals surface area contributed by atoms with Crippen molar-refractivity contribution in [1.29, 1.82) is 0 Å². The molecule has 1 unspecified atom stereocenters. The number of benzene rings is 1. The van der Waals surface area contributed by atoms with E-state index in [2.05, 4.69) is 29.2 Å². The second-order valence-electron chi connectivity index (χ2n) is 8.54. The van der Waals surface area contributed by atoms with E-state index in [0.29, 0.717) is 24.9 Å². The zero-order chi connectivity index (χ0) is 21.1. The standard InChI is InChI=1S/C23H31N3O4/c1-15-11-16(2)21(17(3)12-15)23(27)26-8-4-5-19(13-26)29-14-20-24-22(30-25-20)18-6-9-28-10-7-18/h11-12,18-19H,4-10,13-14H2,1-3H3. The predicted octanol–water partition coefficient (Wildman–Crippen LogP) is 3.71. The van der Waals surface area contributed by atoms with Crippen LogP contribution in [-0.4, -0.2) is 53.4 Å². The highest BCUT2D eigenvalue weighted by molar-refractivity contribution is 5.97. The first-order chi connectivity index (χ1) is 14.5. The summed E-state index contributed by atoms with van der Waals surface area (Å²) >= 11 is 0. The van der Waals surface area contributed by atoms with Crippen LogP contribution in [0.1, 0.15) is 70.4 Å². The van der Waals surface area contributed by atoms with Crippen molar-refractivity contribution in [2.24, 2.45) is 0 Å². The number of likely N-dealkylation sites (tertiary alicyclic amines) is 1. The minimum atomic E-state index is -0.0150. The summed E-state index contributed by atoms with van der Waals surface area (Å²) in [5, 5.41) is 4.08. The lowest BCUT2D eigenvalue weighted by Crippen LogP contribution is -2.43. The van der Waals surface area contributed by atoms with E-state index < -0.39 is 0 Å². The van der Waals surface area contributed by atoms with E-state index in [9.17, 15) is 4.79 Å². The Bertz CT molecular complexity index is 865. The molecule has 0 bridgehead atoms. The van der Waals surface area contributed by atoms with Gasteiger partial charge in [-0.05, 0) is 57.6 Å². The lowest BCUT2D eigenvalue weighted by molar-refractivity contribution is -0.00965. The number of rotatable bonds is 5. The van der Waals surface area contributed by atoms with Crippen LogP contribution in [0.4, 0.5) is 0 Å². The number of aryl methyl sites for hydroxylation is 3. The van der Waals surface area contributed by atoms with Crippen LogP contribution in [0.3, 0.4) is 0 Å². The molecule has 1 aromatic carbocycles. The summed E-state index contributed by atoms with van der Waals surface area (Å²) < 4.78 is 16.9. The van der Waals surface area contributed by atoms with Gasteiger partial charge in [-0.2, -0.15) is 4.98 Å². The Morgan fingerprint density at radius 2 is 1.90 bits per heavy atom. The molecule has 30 heavy (non-hydrogen) atoms. The average molecular weight is 414 g/mol. The van der Waals surface area contributed by atoms with E-state index in [1.807, 2.05) is 18.7 Å². The summed E-state index contributed by atoms with van der Waals surface area (Å²) in [5.41, 5.74) is 4.07. The van der Waals surface area contributed by atoms with E-state index in [1.54, 1.807) is 0 Å². The van der Waals surface area contributed by atoms with Gasteiger partial charge in [-0.3, -0.25) is 4.79 Å². The fourth-order valence-corrected chi connectivity index (χ4v) is 4.56. The van der Waals surface area contributed by atoms with Crippen molar-refractivity contribution in [3.8, 4) is 0 Å². The molecule has 3 heterocycles. The minimum absolute atomic E-state index is 0.0150. The third-order valence-corrected chi connectivity index (χ3v) is 6.06. The highest BCUT2D eigenvalue weighted by atomic mass is 16.5. The average Bonchev–Trinajstić information content (AvgIpc) is 3.21. The molecule has 2 fully saturated rings. The number of hydrogen-bond acceptors (Lipinski definition) is 6. The smallest absolute Gasteiger partial charge is 0.254 e. The van der Waals surface area contributed by atoms with Crippen molar-refractivity contribution in [2.75, 3.05) is 26.3 Å². The maximum Gasteiger partial charge on any atom is 0.254 e. The van der Waals surface area contributed by atoms with Crippen LogP contribution in [0.25, 0.3) is 0 Å². The number of carbonyl (C=O) groups excluding carboxylic acids is 1. The summed E-state index contributed by atoms with van der Waals surface area (Å²) in [7, 11) is 0. The highest BCUT2D eigenvalue weighted by Crippen LogP contribution is 2.26. The van der Waals surface area contributed by atoms with Crippen LogP contribution < -0.4 is 0 Å². The topological polar surface area (TPSA) is 77.7 Å². The Labute approximate surface area is 177 Å². The predicted molar refractivity (Wildman–Crippen MR) is 111 cm³/mol. The molecule has 0 N–H and O–H groups in total. The number of amides is 1. The zero-order valence-electron chi connectivity index (χ0n) is 18.1. The zero-order valence-corrected chi connectivity index (χ0v) is 18.1. The van der Waals surface area contributed by atoms with E-state index in [4.69, 9.17) is 14.0 Å². The van der Waals surface area contributed by atoms with Gasteiger partial charge in [0.25, 0.3) is 5.91 Å². The fraction of sp³-hybridized carbons (Fsp3) is 0.609. The molecule has 2 aliphatic rings. The molecular formula is C23H31N3O4. The van der Waals surface area contributed by atoms with Crippen LogP contribution in [0.2, 0.25) is 0 Å². The molecule has 7 nitrogen and oxygen atoms in total. The lowest BCUT2D eigenvalue weighted by Gasteiger charge is -2.33. The Morgan fingerprint density at radius 1 is 1.17 bits per heavy atom. The molecule has 0 aliphatic carbocycles. The third kappa shape index (κ3) is 4.73. The SMILES string of the molecule is Cc1cc(C)c(C(=O)N2CCCC(OCc3noc(C4CCOCC4)n3)C2)c(C)c1. The number of piperidine rings is 1. The Hall–Kier alpha value is -2.25. The van der Waals surface area contributed by atoms with Crippen molar-refractivity contribution in [3.05, 3.63) is 46.1 Å². The normalized spacial score (nSPS) is 20.5. The van der Waals surface area contributed by atoms with Crippen molar-refractivity contribution in [2.45, 2.75) is 65.1 Å². The molecular weight excluding hydrogens is 382 g/mol. The van der Waals surface area contributed by atoms with Crippen molar-refractivity contribution in [1.82, 2.24) is 15.0 Å². The number of hydrogen-bond donors (Lipinski definition) is 0. The van der Waals surface area contributed by atoms with E-state index in [1.165, 1.54) is 5.56 Å². The molecule has 2 aromatic rings. The van der Waals surface area contributed by atoms with Gasteiger partial charge < -0.3 is 18.9 Å². The summed E-state index contributed by atoms with van der Waals surface area (Å²) in [4.78, 5) is 19.6. The van der Waals surface area contributed by atoms with E-state index >= 15 is 0 Å².